The number of carbonyl (C=O) groups excluding carboxylic acids is 2. The largest absolute Gasteiger partial charge is 0.419 e. The summed E-state index contributed by atoms with van der Waals surface area (Å²) in [6.45, 7) is 3.14. The minimum absolute atomic E-state index is 0.00759. The van der Waals surface area contributed by atoms with Crippen LogP contribution in [0.25, 0.3) is 0 Å². The van der Waals surface area contributed by atoms with Crippen molar-refractivity contribution < 1.29 is 32.6 Å². The number of H-pyrrole nitrogens is 1. The lowest BCUT2D eigenvalue weighted by atomic mass is 9.73. The Bertz CT molecular complexity index is 767. The van der Waals surface area contributed by atoms with Gasteiger partial charge in [-0.25, -0.2) is 9.88 Å². The first-order valence-corrected chi connectivity index (χ1v) is 10.3. The molecule has 3 fully saturated rings. The van der Waals surface area contributed by atoms with Gasteiger partial charge in [-0.2, -0.15) is 13.2 Å². The summed E-state index contributed by atoms with van der Waals surface area (Å²) >= 11 is 0. The van der Waals surface area contributed by atoms with Crippen molar-refractivity contribution in [2.45, 2.75) is 44.7 Å². The molecule has 0 bridgehead atoms. The summed E-state index contributed by atoms with van der Waals surface area (Å²) in [6, 6.07) is 2.53. The van der Waals surface area contributed by atoms with Crippen molar-refractivity contribution >= 4 is 17.6 Å². The summed E-state index contributed by atoms with van der Waals surface area (Å²) in [5.74, 6) is 0.600. The molecule has 2 N–H and O–H groups in total. The molecule has 9 heteroatoms. The van der Waals surface area contributed by atoms with Crippen molar-refractivity contribution in [1.82, 2.24) is 4.90 Å². The maximum Gasteiger partial charge on any atom is 0.419 e. The number of hydrogen-bond acceptors (Lipinski definition) is 3. The first-order valence-electron chi connectivity index (χ1n) is 10.3. The molecule has 0 atom stereocenters. The second-order valence-electron chi connectivity index (χ2n) is 8.50. The molecule has 2 amide bonds. The fourth-order valence-corrected chi connectivity index (χ4v) is 4.87. The number of aromatic amines is 1. The van der Waals surface area contributed by atoms with Crippen molar-refractivity contribution in [3.63, 3.8) is 0 Å². The van der Waals surface area contributed by atoms with Crippen LogP contribution in [-0.2, 0) is 15.8 Å². The van der Waals surface area contributed by atoms with Gasteiger partial charge >= 0.3 is 6.18 Å². The van der Waals surface area contributed by atoms with E-state index in [1.165, 1.54) is 11.0 Å². The third-order valence-corrected chi connectivity index (χ3v) is 6.62. The molecular weight excluding hydrogens is 385 g/mol. The first kappa shape index (κ1) is 20.1. The Hall–Kier alpha value is -2.16. The third kappa shape index (κ3) is 3.97. The topological polar surface area (TPSA) is 59.2 Å². The number of piperazine rings is 1. The van der Waals surface area contributed by atoms with Crippen LogP contribution in [-0.4, -0.2) is 49.6 Å². The SMILES string of the molecule is O=C1CC2(CCCCC2)C(=O)N1C[NH+]1CCN(c2ccc(C(F)(F)F)c[nH+]2)CC1. The molecule has 0 unspecified atom stereocenters. The number of hydrogen-bond donors (Lipinski definition) is 1. The van der Waals surface area contributed by atoms with E-state index in [4.69, 9.17) is 0 Å². The summed E-state index contributed by atoms with van der Waals surface area (Å²) in [5, 5.41) is 0. The zero-order valence-electron chi connectivity index (χ0n) is 16.4. The van der Waals surface area contributed by atoms with Crippen LogP contribution in [0.15, 0.2) is 18.3 Å². The van der Waals surface area contributed by atoms with E-state index in [2.05, 4.69) is 4.98 Å². The van der Waals surface area contributed by atoms with Crippen LogP contribution < -0.4 is 14.8 Å². The molecule has 29 heavy (non-hydrogen) atoms. The van der Waals surface area contributed by atoms with Gasteiger partial charge in [0.25, 0.3) is 5.82 Å². The van der Waals surface area contributed by atoms with Crippen LogP contribution in [0.1, 0.15) is 44.1 Å². The number of carbonyl (C=O) groups is 2. The molecule has 1 aromatic heterocycles. The van der Waals surface area contributed by atoms with Crippen molar-refractivity contribution in [3.05, 3.63) is 23.9 Å². The lowest BCUT2D eigenvalue weighted by molar-refractivity contribution is -0.908. The van der Waals surface area contributed by atoms with E-state index in [-0.39, 0.29) is 11.8 Å². The highest BCUT2D eigenvalue weighted by atomic mass is 19.4. The number of imide groups is 1. The Morgan fingerprint density at radius 1 is 1.07 bits per heavy atom. The van der Waals surface area contributed by atoms with Crippen molar-refractivity contribution in [3.8, 4) is 0 Å². The van der Waals surface area contributed by atoms with Gasteiger partial charge < -0.3 is 4.90 Å². The molecule has 4 rings (SSSR count). The van der Waals surface area contributed by atoms with Crippen molar-refractivity contribution in [2.24, 2.45) is 5.41 Å². The monoisotopic (exact) mass is 412 g/mol. The van der Waals surface area contributed by atoms with Gasteiger partial charge in [-0.15, -0.1) is 0 Å². The number of rotatable bonds is 3. The molecule has 3 heterocycles. The van der Waals surface area contributed by atoms with Gasteiger partial charge in [0.05, 0.1) is 11.0 Å². The van der Waals surface area contributed by atoms with E-state index in [9.17, 15) is 22.8 Å². The van der Waals surface area contributed by atoms with Crippen molar-refractivity contribution in [1.29, 1.82) is 0 Å². The van der Waals surface area contributed by atoms with E-state index in [0.717, 1.165) is 62.4 Å². The normalized spacial score (nSPS) is 23.3. The van der Waals surface area contributed by atoms with Gasteiger partial charge in [-0.05, 0) is 18.9 Å². The number of anilines is 1. The number of nitrogens with one attached hydrogen (secondary N) is 2. The van der Waals surface area contributed by atoms with Crippen LogP contribution in [0.3, 0.4) is 0 Å². The van der Waals surface area contributed by atoms with E-state index in [1.807, 2.05) is 4.90 Å². The summed E-state index contributed by atoms with van der Waals surface area (Å²) in [5.41, 5.74) is -1.15. The number of likely N-dealkylation sites (tertiary alicyclic amines) is 1. The van der Waals surface area contributed by atoms with Gasteiger partial charge in [-0.1, -0.05) is 19.3 Å². The molecule has 6 nitrogen and oxygen atoms in total. The fraction of sp³-hybridized carbons (Fsp3) is 0.650. The Morgan fingerprint density at radius 2 is 1.76 bits per heavy atom. The number of halogens is 3. The lowest BCUT2D eigenvalue weighted by Gasteiger charge is -2.32. The third-order valence-electron chi connectivity index (χ3n) is 6.62. The van der Waals surface area contributed by atoms with E-state index in [0.29, 0.717) is 32.0 Å². The van der Waals surface area contributed by atoms with E-state index in [1.54, 1.807) is 0 Å². The molecule has 1 spiro atoms. The number of nitrogens with zero attached hydrogens (tertiary/aromatic N) is 2. The molecule has 1 aromatic rings. The molecule has 158 valence electrons. The molecule has 3 aliphatic rings. The molecule has 0 aromatic carbocycles. The zero-order chi connectivity index (χ0) is 20.6. The number of alkyl halides is 3. The smallest absolute Gasteiger partial charge is 0.311 e. The molecule has 1 saturated carbocycles. The van der Waals surface area contributed by atoms with Gasteiger partial charge in [0, 0.05) is 12.5 Å². The average molecular weight is 412 g/mol. The Labute approximate surface area is 167 Å². The number of quaternary nitrogens is 1. The summed E-state index contributed by atoms with van der Waals surface area (Å²) < 4.78 is 38.1. The standard InChI is InChI=1S/C20H25F3N4O2/c21-20(22,23)15-4-5-16(24-13-15)26-10-8-25(9-11-26)14-27-17(28)12-19(18(27)29)6-2-1-3-7-19/h4-5,13H,1-3,6-12,14H2/p+2. The van der Waals surface area contributed by atoms with Crippen LogP contribution in [0.5, 0.6) is 0 Å². The first-order chi connectivity index (χ1) is 13.8. The van der Waals surface area contributed by atoms with Crippen LogP contribution in [0.4, 0.5) is 19.0 Å². The maximum atomic E-state index is 12.9. The van der Waals surface area contributed by atoms with Crippen LogP contribution >= 0.6 is 0 Å². The van der Waals surface area contributed by atoms with Gasteiger partial charge in [0.2, 0.25) is 11.8 Å². The maximum absolute atomic E-state index is 12.9. The second kappa shape index (κ2) is 7.59. The predicted octanol–water partition coefficient (Wildman–Crippen LogP) is 0.891. The van der Waals surface area contributed by atoms with Gasteiger partial charge in [0.15, 0.2) is 6.67 Å². The highest BCUT2D eigenvalue weighted by Gasteiger charge is 2.52. The quantitative estimate of drug-likeness (QED) is 0.751. The van der Waals surface area contributed by atoms with Gasteiger partial charge in [-0.3, -0.25) is 14.5 Å². The minimum atomic E-state index is -4.36. The Balaban J connectivity index is 1.33. The van der Waals surface area contributed by atoms with E-state index < -0.39 is 17.2 Å². The number of aromatic nitrogens is 1. The molecule has 2 aliphatic heterocycles. The van der Waals surface area contributed by atoms with Gasteiger partial charge in [0.1, 0.15) is 32.4 Å². The minimum Gasteiger partial charge on any atom is -0.311 e. The zero-order valence-corrected chi connectivity index (χ0v) is 16.4. The Kier molecular flexibility index (Phi) is 5.27. The average Bonchev–Trinajstić information content (AvgIpc) is 2.92. The molecule has 2 saturated heterocycles. The lowest BCUT2D eigenvalue weighted by Crippen LogP contribution is -3.16. The van der Waals surface area contributed by atoms with Crippen LogP contribution in [0, 0.1) is 5.41 Å². The predicted molar refractivity (Wildman–Crippen MR) is 97.8 cm³/mol. The summed E-state index contributed by atoms with van der Waals surface area (Å²) in [6.07, 6.45) is 1.79. The molecule has 1 aliphatic carbocycles. The molecule has 0 radical (unpaired) electrons. The second-order valence-corrected chi connectivity index (χ2v) is 8.50. The fourth-order valence-electron chi connectivity index (χ4n) is 4.87. The summed E-state index contributed by atoms with van der Waals surface area (Å²) in [4.78, 5) is 32.8. The Morgan fingerprint density at radius 3 is 2.34 bits per heavy atom. The number of amides is 2. The summed E-state index contributed by atoms with van der Waals surface area (Å²) in [7, 11) is 0. The van der Waals surface area contributed by atoms with E-state index >= 15 is 0 Å². The highest BCUT2D eigenvalue weighted by molar-refractivity contribution is 6.05. The molecular formula is C20H27F3N4O2+2. The van der Waals surface area contributed by atoms with Crippen LogP contribution in [0.2, 0.25) is 0 Å². The highest BCUT2D eigenvalue weighted by Crippen LogP contribution is 2.44. The van der Waals surface area contributed by atoms with Crippen molar-refractivity contribution in [2.75, 3.05) is 37.7 Å². The number of pyridine rings is 1.